The van der Waals surface area contributed by atoms with Gasteiger partial charge in [-0.25, -0.2) is 4.98 Å². The molecule has 1 fully saturated rings. The molecule has 2 N–H and O–H groups in total. The Balaban J connectivity index is 1.75. The lowest BCUT2D eigenvalue weighted by molar-refractivity contribution is 0.325. The first-order valence-corrected chi connectivity index (χ1v) is 7.75. The van der Waals surface area contributed by atoms with Crippen LogP contribution in [-0.2, 0) is 13.0 Å². The summed E-state index contributed by atoms with van der Waals surface area (Å²) in [6, 6.07) is 6.05. The van der Waals surface area contributed by atoms with Gasteiger partial charge in [-0.3, -0.25) is 0 Å². The summed E-state index contributed by atoms with van der Waals surface area (Å²) in [6.07, 6.45) is 4.90. The monoisotopic (exact) mass is 272 g/mol. The standard InChI is InChI=1S/C16H24N4/c1-2-16-18-14-12-13(17)6-7-15(14)20(16)11-5-10-19-8-3-4-9-19/h6-7,12H,2-5,8-11,17H2,1H3. The summed E-state index contributed by atoms with van der Waals surface area (Å²) >= 11 is 0. The van der Waals surface area contributed by atoms with Crippen LogP contribution in [0.1, 0.15) is 32.0 Å². The van der Waals surface area contributed by atoms with Crippen molar-refractivity contribution in [2.45, 2.75) is 39.2 Å². The number of likely N-dealkylation sites (tertiary alicyclic amines) is 1. The van der Waals surface area contributed by atoms with Crippen LogP contribution in [0.25, 0.3) is 11.0 Å². The van der Waals surface area contributed by atoms with E-state index in [1.54, 1.807) is 0 Å². The number of nitrogens with two attached hydrogens (primary N) is 1. The highest BCUT2D eigenvalue weighted by molar-refractivity contribution is 5.79. The smallest absolute Gasteiger partial charge is 0.109 e. The molecule has 1 aliphatic rings. The van der Waals surface area contributed by atoms with Gasteiger partial charge in [0.1, 0.15) is 5.82 Å². The van der Waals surface area contributed by atoms with Gasteiger partial charge in [0.05, 0.1) is 11.0 Å². The molecule has 0 bridgehead atoms. The van der Waals surface area contributed by atoms with Crippen LogP contribution in [0.15, 0.2) is 18.2 Å². The van der Waals surface area contributed by atoms with Crippen LogP contribution in [0.4, 0.5) is 5.69 Å². The molecule has 1 saturated heterocycles. The van der Waals surface area contributed by atoms with E-state index in [-0.39, 0.29) is 0 Å². The second kappa shape index (κ2) is 5.83. The predicted octanol–water partition coefficient (Wildman–Crippen LogP) is 2.67. The summed E-state index contributed by atoms with van der Waals surface area (Å²) in [7, 11) is 0. The number of nitrogens with zero attached hydrogens (tertiary/aromatic N) is 3. The summed E-state index contributed by atoms with van der Waals surface area (Å²) in [4.78, 5) is 7.28. The van der Waals surface area contributed by atoms with E-state index in [0.717, 1.165) is 24.2 Å². The summed E-state index contributed by atoms with van der Waals surface area (Å²) in [6.45, 7) is 6.99. The van der Waals surface area contributed by atoms with E-state index in [1.807, 2.05) is 12.1 Å². The third-order valence-electron chi connectivity index (χ3n) is 4.22. The second-order valence-electron chi connectivity index (χ2n) is 5.68. The van der Waals surface area contributed by atoms with Crippen LogP contribution in [0.2, 0.25) is 0 Å². The number of aryl methyl sites for hydroxylation is 2. The molecule has 108 valence electrons. The van der Waals surface area contributed by atoms with Crippen molar-refractivity contribution >= 4 is 16.7 Å². The molecule has 0 spiro atoms. The Kier molecular flexibility index (Phi) is 3.92. The van der Waals surface area contributed by atoms with Crippen LogP contribution in [0.3, 0.4) is 0 Å². The maximum Gasteiger partial charge on any atom is 0.109 e. The molecule has 4 nitrogen and oxygen atoms in total. The summed E-state index contributed by atoms with van der Waals surface area (Å²) < 4.78 is 2.37. The van der Waals surface area contributed by atoms with Gasteiger partial charge in [-0.1, -0.05) is 6.92 Å². The zero-order valence-electron chi connectivity index (χ0n) is 12.3. The van der Waals surface area contributed by atoms with Crippen LogP contribution in [-0.4, -0.2) is 34.1 Å². The third-order valence-corrected chi connectivity index (χ3v) is 4.22. The maximum atomic E-state index is 5.85. The van der Waals surface area contributed by atoms with Gasteiger partial charge in [0, 0.05) is 18.7 Å². The molecule has 2 aromatic rings. The number of rotatable bonds is 5. The molecular formula is C16H24N4. The second-order valence-corrected chi connectivity index (χ2v) is 5.68. The summed E-state index contributed by atoms with van der Waals surface area (Å²) in [5.74, 6) is 1.17. The molecule has 0 saturated carbocycles. The molecular weight excluding hydrogens is 248 g/mol. The number of hydrogen-bond acceptors (Lipinski definition) is 3. The molecule has 0 unspecified atom stereocenters. The fraction of sp³-hybridized carbons (Fsp3) is 0.562. The number of anilines is 1. The Morgan fingerprint density at radius 3 is 2.75 bits per heavy atom. The molecule has 1 aromatic carbocycles. The van der Waals surface area contributed by atoms with E-state index in [4.69, 9.17) is 10.7 Å². The predicted molar refractivity (Wildman–Crippen MR) is 83.8 cm³/mol. The van der Waals surface area contributed by atoms with Crippen molar-refractivity contribution in [3.8, 4) is 0 Å². The normalized spacial score (nSPS) is 16.2. The largest absolute Gasteiger partial charge is 0.399 e. The summed E-state index contributed by atoms with van der Waals surface area (Å²) in [5.41, 5.74) is 8.90. The Bertz CT molecular complexity index is 581. The van der Waals surface area contributed by atoms with E-state index in [0.29, 0.717) is 0 Å². The zero-order valence-corrected chi connectivity index (χ0v) is 12.3. The Labute approximate surface area is 120 Å². The molecule has 0 aliphatic carbocycles. The Morgan fingerprint density at radius 1 is 1.20 bits per heavy atom. The first-order valence-electron chi connectivity index (χ1n) is 7.75. The minimum Gasteiger partial charge on any atom is -0.399 e. The molecule has 20 heavy (non-hydrogen) atoms. The molecule has 0 radical (unpaired) electrons. The minimum absolute atomic E-state index is 0.793. The highest BCUT2D eigenvalue weighted by atomic mass is 15.1. The SMILES string of the molecule is CCc1nc2cc(N)ccc2n1CCCN1CCCC1. The van der Waals surface area contributed by atoms with Crippen LogP contribution in [0.5, 0.6) is 0 Å². The molecule has 0 amide bonds. The lowest BCUT2D eigenvalue weighted by Gasteiger charge is -2.15. The van der Waals surface area contributed by atoms with Gasteiger partial charge in [-0.2, -0.15) is 0 Å². The topological polar surface area (TPSA) is 47.1 Å². The first-order chi connectivity index (χ1) is 9.78. The molecule has 1 aromatic heterocycles. The van der Waals surface area contributed by atoms with Gasteiger partial charge in [0.15, 0.2) is 0 Å². The van der Waals surface area contributed by atoms with Crippen LogP contribution in [0, 0.1) is 0 Å². The minimum atomic E-state index is 0.793. The van der Waals surface area contributed by atoms with Crippen molar-refractivity contribution in [3.05, 3.63) is 24.0 Å². The average Bonchev–Trinajstić information content (AvgIpc) is 3.06. The van der Waals surface area contributed by atoms with E-state index >= 15 is 0 Å². The van der Waals surface area contributed by atoms with Crippen molar-refractivity contribution < 1.29 is 0 Å². The van der Waals surface area contributed by atoms with Crippen molar-refractivity contribution in [1.29, 1.82) is 0 Å². The van der Waals surface area contributed by atoms with Crippen molar-refractivity contribution in [1.82, 2.24) is 14.5 Å². The number of fused-ring (bicyclic) bond motifs is 1. The fourth-order valence-electron chi connectivity index (χ4n) is 3.17. The van der Waals surface area contributed by atoms with E-state index in [1.165, 1.54) is 50.2 Å². The Hall–Kier alpha value is -1.55. The lowest BCUT2D eigenvalue weighted by Crippen LogP contribution is -2.21. The summed E-state index contributed by atoms with van der Waals surface area (Å²) in [5, 5.41) is 0. The lowest BCUT2D eigenvalue weighted by atomic mass is 10.2. The van der Waals surface area contributed by atoms with Crippen LogP contribution < -0.4 is 5.73 Å². The maximum absolute atomic E-state index is 5.85. The van der Waals surface area contributed by atoms with E-state index < -0.39 is 0 Å². The quantitative estimate of drug-likeness (QED) is 0.851. The number of nitrogen functional groups attached to an aromatic ring is 1. The number of imidazole rings is 1. The number of aromatic nitrogens is 2. The first kappa shape index (κ1) is 13.4. The average molecular weight is 272 g/mol. The van der Waals surface area contributed by atoms with Gasteiger partial charge in [0.25, 0.3) is 0 Å². The molecule has 1 aliphatic heterocycles. The Morgan fingerprint density at radius 2 is 2.00 bits per heavy atom. The van der Waals surface area contributed by atoms with Gasteiger partial charge in [0.2, 0.25) is 0 Å². The van der Waals surface area contributed by atoms with Gasteiger partial charge in [-0.15, -0.1) is 0 Å². The highest BCUT2D eigenvalue weighted by Gasteiger charge is 2.12. The molecule has 2 heterocycles. The molecule has 0 atom stereocenters. The zero-order chi connectivity index (χ0) is 13.9. The van der Waals surface area contributed by atoms with Crippen LogP contribution >= 0.6 is 0 Å². The number of hydrogen-bond donors (Lipinski definition) is 1. The highest BCUT2D eigenvalue weighted by Crippen LogP contribution is 2.20. The third kappa shape index (κ3) is 2.66. The molecule has 4 heteroatoms. The van der Waals surface area contributed by atoms with Gasteiger partial charge >= 0.3 is 0 Å². The van der Waals surface area contributed by atoms with Gasteiger partial charge < -0.3 is 15.2 Å². The van der Waals surface area contributed by atoms with E-state index in [9.17, 15) is 0 Å². The van der Waals surface area contributed by atoms with Gasteiger partial charge in [-0.05, 0) is 57.1 Å². The fourth-order valence-corrected chi connectivity index (χ4v) is 3.17. The molecule has 3 rings (SSSR count). The van der Waals surface area contributed by atoms with Crippen molar-refractivity contribution in [3.63, 3.8) is 0 Å². The number of benzene rings is 1. The van der Waals surface area contributed by atoms with E-state index in [2.05, 4.69) is 22.5 Å². The van der Waals surface area contributed by atoms with Crippen molar-refractivity contribution in [2.75, 3.05) is 25.4 Å². The van der Waals surface area contributed by atoms with Crippen molar-refractivity contribution in [2.24, 2.45) is 0 Å².